The third-order valence-corrected chi connectivity index (χ3v) is 6.87. The van der Waals surface area contributed by atoms with E-state index in [2.05, 4.69) is 11.1 Å². The lowest BCUT2D eigenvalue weighted by molar-refractivity contribution is -0.132. The molecule has 3 aromatic carbocycles. The van der Waals surface area contributed by atoms with Crippen LogP contribution in [-0.2, 0) is 16.2 Å². The van der Waals surface area contributed by atoms with Gasteiger partial charge < -0.3 is 14.6 Å². The normalized spacial score (nSPS) is 16.7. The number of Topliss-reactive ketones (excluding diaryl/α,β-unsaturated/α-hetero) is 1. The summed E-state index contributed by atoms with van der Waals surface area (Å²) in [7, 11) is 1.54. The fraction of sp³-hybridized carbons (Fsp3) is 0.138. The molecule has 1 aliphatic heterocycles. The van der Waals surface area contributed by atoms with Crippen molar-refractivity contribution in [2.45, 2.75) is 19.6 Å². The van der Waals surface area contributed by atoms with Crippen LogP contribution < -0.4 is 14.4 Å². The Morgan fingerprint density at radius 2 is 1.81 bits per heavy atom. The number of aryl methyl sites for hydroxylation is 1. The number of methoxy groups -OCH3 is 1. The molecule has 4 aromatic rings. The van der Waals surface area contributed by atoms with E-state index in [0.29, 0.717) is 34.4 Å². The number of hydrogen-bond acceptors (Lipinski definition) is 7. The number of rotatable bonds is 7. The van der Waals surface area contributed by atoms with Crippen LogP contribution in [0.15, 0.2) is 89.9 Å². The fourth-order valence-electron chi connectivity index (χ4n) is 4.32. The molecule has 0 bridgehead atoms. The summed E-state index contributed by atoms with van der Waals surface area (Å²) in [5.74, 6) is -0.610. The number of hydrogen-bond donors (Lipinski definition) is 1. The highest BCUT2D eigenvalue weighted by Gasteiger charge is 2.48. The topological polar surface area (TPSA) is 89.0 Å². The Balaban J connectivity index is 1.50. The van der Waals surface area contributed by atoms with Crippen LogP contribution >= 0.6 is 11.3 Å². The molecule has 0 aliphatic carbocycles. The van der Waals surface area contributed by atoms with Crippen molar-refractivity contribution in [3.05, 3.63) is 112 Å². The number of amides is 1. The lowest BCUT2D eigenvalue weighted by Crippen LogP contribution is -2.29. The average Bonchev–Trinajstić information content (AvgIpc) is 3.54. The summed E-state index contributed by atoms with van der Waals surface area (Å²) in [6, 6.07) is 21.1. The SMILES string of the molecule is COc1cccc(C2C(=C(O)c3ccc(OCc4cccc(C)c4)cc3)C(=O)C(=O)N2c2nccs2)c1. The van der Waals surface area contributed by atoms with Crippen molar-refractivity contribution in [2.75, 3.05) is 12.0 Å². The Morgan fingerprint density at radius 3 is 2.51 bits per heavy atom. The highest BCUT2D eigenvalue weighted by atomic mass is 32.1. The Morgan fingerprint density at radius 1 is 1.03 bits per heavy atom. The lowest BCUT2D eigenvalue weighted by Gasteiger charge is -2.23. The zero-order valence-electron chi connectivity index (χ0n) is 20.3. The molecule has 2 heterocycles. The van der Waals surface area contributed by atoms with E-state index in [1.54, 1.807) is 67.2 Å². The van der Waals surface area contributed by atoms with Crippen molar-refractivity contribution < 1.29 is 24.2 Å². The Kier molecular flexibility index (Phi) is 6.74. The first-order valence-electron chi connectivity index (χ1n) is 11.6. The molecule has 1 atom stereocenters. The van der Waals surface area contributed by atoms with Crippen molar-refractivity contribution in [3.63, 3.8) is 0 Å². The number of thiazole rings is 1. The number of anilines is 1. The second-order valence-corrected chi connectivity index (χ2v) is 9.44. The number of aliphatic hydroxyl groups excluding tert-OH is 1. The van der Waals surface area contributed by atoms with E-state index in [4.69, 9.17) is 9.47 Å². The summed E-state index contributed by atoms with van der Waals surface area (Å²) in [5.41, 5.74) is 3.21. The summed E-state index contributed by atoms with van der Waals surface area (Å²) in [5, 5.41) is 13.4. The van der Waals surface area contributed by atoms with Gasteiger partial charge in [0.1, 0.15) is 23.9 Å². The molecule has 0 radical (unpaired) electrons. The quantitative estimate of drug-likeness (QED) is 0.195. The molecule has 1 fully saturated rings. The molecule has 1 amide bonds. The van der Waals surface area contributed by atoms with Gasteiger partial charge >= 0.3 is 5.91 Å². The monoisotopic (exact) mass is 512 g/mol. The van der Waals surface area contributed by atoms with E-state index in [9.17, 15) is 14.7 Å². The van der Waals surface area contributed by atoms with Gasteiger partial charge in [0.25, 0.3) is 5.78 Å². The van der Waals surface area contributed by atoms with Gasteiger partial charge in [-0.2, -0.15) is 0 Å². The third kappa shape index (κ3) is 4.83. The van der Waals surface area contributed by atoms with Crippen molar-refractivity contribution >= 4 is 33.9 Å². The predicted octanol–water partition coefficient (Wildman–Crippen LogP) is 5.67. The van der Waals surface area contributed by atoms with Gasteiger partial charge in [-0.15, -0.1) is 11.3 Å². The van der Waals surface area contributed by atoms with E-state index in [1.807, 2.05) is 25.1 Å². The van der Waals surface area contributed by atoms with Crippen LogP contribution in [0.3, 0.4) is 0 Å². The van der Waals surface area contributed by atoms with Gasteiger partial charge in [-0.1, -0.05) is 42.0 Å². The molecular weight excluding hydrogens is 488 g/mol. The molecular formula is C29H24N2O5S. The van der Waals surface area contributed by atoms with Crippen LogP contribution in [0.5, 0.6) is 11.5 Å². The predicted molar refractivity (Wildman–Crippen MR) is 142 cm³/mol. The zero-order valence-corrected chi connectivity index (χ0v) is 21.1. The first kappa shape index (κ1) is 24.3. The minimum absolute atomic E-state index is 0.0121. The lowest BCUT2D eigenvalue weighted by atomic mass is 9.95. The van der Waals surface area contributed by atoms with Crippen LogP contribution in [-0.4, -0.2) is 28.9 Å². The number of ketones is 1. The number of ether oxygens (including phenoxy) is 2. The molecule has 1 aromatic heterocycles. The fourth-order valence-corrected chi connectivity index (χ4v) is 4.99. The molecule has 7 nitrogen and oxygen atoms in total. The number of carbonyl (C=O) groups excluding carboxylic acids is 2. The van der Waals surface area contributed by atoms with Crippen molar-refractivity contribution in [2.24, 2.45) is 0 Å². The first-order chi connectivity index (χ1) is 18.0. The van der Waals surface area contributed by atoms with Crippen LogP contribution in [0.1, 0.15) is 28.3 Å². The minimum atomic E-state index is -0.863. The number of carbonyl (C=O) groups is 2. The highest BCUT2D eigenvalue weighted by molar-refractivity contribution is 7.14. The number of benzene rings is 3. The van der Waals surface area contributed by atoms with Crippen molar-refractivity contribution in [1.29, 1.82) is 0 Å². The molecule has 0 saturated carbocycles. The maximum Gasteiger partial charge on any atom is 0.301 e. The molecule has 1 aliphatic rings. The number of aromatic nitrogens is 1. The summed E-state index contributed by atoms with van der Waals surface area (Å²) < 4.78 is 11.2. The minimum Gasteiger partial charge on any atom is -0.507 e. The van der Waals surface area contributed by atoms with Crippen molar-refractivity contribution in [3.8, 4) is 11.5 Å². The second kappa shape index (κ2) is 10.3. The smallest absolute Gasteiger partial charge is 0.301 e. The molecule has 37 heavy (non-hydrogen) atoms. The highest BCUT2D eigenvalue weighted by Crippen LogP contribution is 2.43. The van der Waals surface area contributed by atoms with Crippen LogP contribution in [0.4, 0.5) is 5.13 Å². The Hall–Kier alpha value is -4.43. The van der Waals surface area contributed by atoms with Gasteiger partial charge in [0, 0.05) is 17.1 Å². The van der Waals surface area contributed by atoms with Gasteiger partial charge in [-0.25, -0.2) is 4.98 Å². The van der Waals surface area contributed by atoms with E-state index in [-0.39, 0.29) is 11.3 Å². The van der Waals surface area contributed by atoms with Crippen LogP contribution in [0, 0.1) is 6.92 Å². The van der Waals surface area contributed by atoms with E-state index in [0.717, 1.165) is 11.1 Å². The summed E-state index contributed by atoms with van der Waals surface area (Å²) in [6.07, 6.45) is 1.57. The maximum absolute atomic E-state index is 13.2. The van der Waals surface area contributed by atoms with E-state index < -0.39 is 17.7 Å². The summed E-state index contributed by atoms with van der Waals surface area (Å²) in [4.78, 5) is 31.9. The largest absolute Gasteiger partial charge is 0.507 e. The molecule has 0 spiro atoms. The molecule has 1 saturated heterocycles. The van der Waals surface area contributed by atoms with Gasteiger partial charge in [0.05, 0.1) is 18.7 Å². The van der Waals surface area contributed by atoms with Crippen LogP contribution in [0.25, 0.3) is 5.76 Å². The maximum atomic E-state index is 13.2. The standard InChI is InChI=1S/C29H24N2O5S/c1-18-5-3-6-19(15-18)17-36-22-11-9-20(10-12-22)26(32)24-25(21-7-4-8-23(16-21)35-2)31(28(34)27(24)33)29-30-13-14-37-29/h3-16,25,32H,17H2,1-2H3. The Labute approximate surface area is 218 Å². The first-order valence-corrected chi connectivity index (χ1v) is 12.5. The number of aliphatic hydroxyl groups is 1. The van der Waals surface area contributed by atoms with Crippen molar-refractivity contribution in [1.82, 2.24) is 4.98 Å². The average molecular weight is 513 g/mol. The zero-order chi connectivity index (χ0) is 25.9. The van der Waals surface area contributed by atoms with Gasteiger partial charge in [-0.05, 0) is 54.4 Å². The van der Waals surface area contributed by atoms with Gasteiger partial charge in [-0.3, -0.25) is 14.5 Å². The van der Waals surface area contributed by atoms with E-state index >= 15 is 0 Å². The van der Waals surface area contributed by atoms with Gasteiger partial charge in [0.15, 0.2) is 5.13 Å². The molecule has 8 heteroatoms. The van der Waals surface area contributed by atoms with Gasteiger partial charge in [0.2, 0.25) is 0 Å². The molecule has 1 unspecified atom stereocenters. The Bertz CT molecular complexity index is 1480. The number of nitrogens with zero attached hydrogens (tertiary/aromatic N) is 2. The molecule has 1 N–H and O–H groups in total. The summed E-state index contributed by atoms with van der Waals surface area (Å²) in [6.45, 7) is 2.43. The molecule has 5 rings (SSSR count). The molecule has 186 valence electrons. The van der Waals surface area contributed by atoms with Crippen LogP contribution in [0.2, 0.25) is 0 Å². The van der Waals surface area contributed by atoms with E-state index in [1.165, 1.54) is 16.2 Å². The third-order valence-electron chi connectivity index (χ3n) is 6.10. The second-order valence-electron chi connectivity index (χ2n) is 8.56. The summed E-state index contributed by atoms with van der Waals surface area (Å²) >= 11 is 1.24.